The number of nitrogens with one attached hydrogen (secondary N) is 1. The Kier molecular flexibility index (Phi) is 4.87. The van der Waals surface area contributed by atoms with Crippen molar-refractivity contribution < 1.29 is 4.92 Å². The van der Waals surface area contributed by atoms with Gasteiger partial charge in [0.15, 0.2) is 0 Å². The maximum absolute atomic E-state index is 11.0. The maximum Gasteiger partial charge on any atom is 0.275 e. The van der Waals surface area contributed by atoms with Gasteiger partial charge in [0, 0.05) is 33.8 Å². The lowest BCUT2D eigenvalue weighted by molar-refractivity contribution is -0.385. The summed E-state index contributed by atoms with van der Waals surface area (Å²) in [5, 5.41) is 14.5. The maximum atomic E-state index is 11.0. The lowest BCUT2D eigenvalue weighted by Gasteiger charge is -2.08. The quantitative estimate of drug-likeness (QED) is 0.499. The third kappa shape index (κ3) is 3.65. The predicted molar refractivity (Wildman–Crippen MR) is 83.7 cm³/mol. The fourth-order valence-corrected chi connectivity index (χ4v) is 2.34. The molecule has 0 aliphatic heterocycles. The summed E-state index contributed by atoms with van der Waals surface area (Å²) in [6, 6.07) is 12.6. The molecule has 0 spiro atoms. The van der Waals surface area contributed by atoms with Crippen LogP contribution in [0.3, 0.4) is 0 Å². The van der Waals surface area contributed by atoms with Crippen molar-refractivity contribution in [3.05, 3.63) is 63.2 Å². The molecule has 0 aromatic heterocycles. The molecule has 2 aromatic carbocycles. The highest BCUT2D eigenvalue weighted by Crippen LogP contribution is 2.24. The Labute approximate surface area is 126 Å². The minimum atomic E-state index is -0.417. The van der Waals surface area contributed by atoms with Crippen LogP contribution in [0.15, 0.2) is 47.4 Å². The van der Waals surface area contributed by atoms with Gasteiger partial charge in [-0.1, -0.05) is 11.6 Å². The third-order valence-electron chi connectivity index (χ3n) is 2.82. The predicted octanol–water partition coefficient (Wildman–Crippen LogP) is 4.58. The van der Waals surface area contributed by atoms with E-state index in [1.165, 1.54) is 11.0 Å². The highest BCUT2D eigenvalue weighted by Gasteiger charge is 2.13. The Morgan fingerprint density at radius 3 is 2.55 bits per heavy atom. The van der Waals surface area contributed by atoms with Crippen molar-refractivity contribution in [2.24, 2.45) is 0 Å². The Morgan fingerprint density at radius 1 is 1.25 bits per heavy atom. The number of benzene rings is 2. The van der Waals surface area contributed by atoms with Crippen LogP contribution < -0.4 is 5.32 Å². The first kappa shape index (κ1) is 14.7. The number of thioether (sulfide) groups is 1. The molecule has 6 heteroatoms. The molecule has 0 amide bonds. The molecule has 4 nitrogen and oxygen atoms in total. The number of hydrogen-bond donors (Lipinski definition) is 1. The zero-order valence-electron chi connectivity index (χ0n) is 10.8. The Bertz CT molecular complexity index is 617. The molecule has 0 saturated heterocycles. The molecule has 0 fully saturated rings. The van der Waals surface area contributed by atoms with E-state index < -0.39 is 4.92 Å². The summed E-state index contributed by atoms with van der Waals surface area (Å²) >= 11 is 7.45. The summed E-state index contributed by atoms with van der Waals surface area (Å²) in [4.78, 5) is 11.7. The molecule has 2 aromatic rings. The third-order valence-corrected chi connectivity index (χ3v) is 3.80. The number of rotatable bonds is 5. The normalized spacial score (nSPS) is 10.3. The van der Waals surface area contributed by atoms with Gasteiger partial charge in [-0.15, -0.1) is 11.8 Å². The Hall–Kier alpha value is -1.72. The van der Waals surface area contributed by atoms with Crippen LogP contribution in [0.1, 0.15) is 5.56 Å². The number of nitro benzene ring substituents is 1. The molecule has 0 radical (unpaired) electrons. The van der Waals surface area contributed by atoms with Crippen LogP contribution >= 0.6 is 23.4 Å². The molecule has 104 valence electrons. The Morgan fingerprint density at radius 2 is 1.95 bits per heavy atom. The zero-order valence-corrected chi connectivity index (χ0v) is 12.4. The minimum Gasteiger partial charge on any atom is -0.381 e. The topological polar surface area (TPSA) is 55.2 Å². The second kappa shape index (κ2) is 6.63. The molecule has 0 bridgehead atoms. The summed E-state index contributed by atoms with van der Waals surface area (Å²) < 4.78 is 0. The second-order valence-electron chi connectivity index (χ2n) is 4.11. The van der Waals surface area contributed by atoms with Crippen LogP contribution in [0.5, 0.6) is 0 Å². The lowest BCUT2D eigenvalue weighted by Crippen LogP contribution is -2.03. The zero-order chi connectivity index (χ0) is 14.5. The highest BCUT2D eigenvalue weighted by molar-refractivity contribution is 7.98. The number of nitrogens with zero attached hydrogens (tertiary/aromatic N) is 1. The van der Waals surface area contributed by atoms with Gasteiger partial charge in [0.05, 0.1) is 4.92 Å². The highest BCUT2D eigenvalue weighted by atomic mass is 35.5. The van der Waals surface area contributed by atoms with Crippen LogP contribution in [0, 0.1) is 10.1 Å². The van der Waals surface area contributed by atoms with Gasteiger partial charge in [0.25, 0.3) is 5.69 Å². The van der Waals surface area contributed by atoms with Crippen molar-refractivity contribution in [3.8, 4) is 0 Å². The molecule has 20 heavy (non-hydrogen) atoms. The summed E-state index contributed by atoms with van der Waals surface area (Å²) in [5.74, 6) is 0. The van der Waals surface area contributed by atoms with Gasteiger partial charge in [0.1, 0.15) is 0 Å². The van der Waals surface area contributed by atoms with E-state index in [0.717, 1.165) is 5.69 Å². The van der Waals surface area contributed by atoms with E-state index in [0.29, 0.717) is 17.1 Å². The van der Waals surface area contributed by atoms with Gasteiger partial charge in [-0.25, -0.2) is 0 Å². The first-order chi connectivity index (χ1) is 9.60. The molecule has 0 saturated carbocycles. The number of nitro groups is 1. The fraction of sp³-hybridized carbons (Fsp3) is 0.143. The SMILES string of the molecule is CSc1ccc(NCc2ccc(Cl)cc2[N+](=O)[O-])cc1. The average Bonchev–Trinajstić information content (AvgIpc) is 2.46. The molecule has 2 rings (SSSR count). The summed E-state index contributed by atoms with van der Waals surface area (Å²) in [6.45, 7) is 0.381. The summed E-state index contributed by atoms with van der Waals surface area (Å²) in [7, 11) is 0. The van der Waals surface area contributed by atoms with Gasteiger partial charge >= 0.3 is 0 Å². The van der Waals surface area contributed by atoms with Crippen LogP contribution in [-0.4, -0.2) is 11.2 Å². The first-order valence-electron chi connectivity index (χ1n) is 5.91. The average molecular weight is 309 g/mol. The molecule has 0 unspecified atom stereocenters. The van der Waals surface area contributed by atoms with Crippen molar-refractivity contribution in [3.63, 3.8) is 0 Å². The summed E-state index contributed by atoms with van der Waals surface area (Å²) in [6.07, 6.45) is 2.01. The molecular formula is C14H13ClN2O2S. The lowest BCUT2D eigenvalue weighted by atomic mass is 10.1. The fourth-order valence-electron chi connectivity index (χ4n) is 1.76. The molecular weight excluding hydrogens is 296 g/mol. The largest absolute Gasteiger partial charge is 0.381 e. The number of anilines is 1. The summed E-state index contributed by atoms with van der Waals surface area (Å²) in [5.41, 5.74) is 1.56. The second-order valence-corrected chi connectivity index (χ2v) is 5.43. The van der Waals surface area contributed by atoms with Crippen LogP contribution in [-0.2, 0) is 6.54 Å². The molecule has 0 atom stereocenters. The molecule has 0 aliphatic carbocycles. The standard InChI is InChI=1S/C14H13ClN2O2S/c1-20-13-6-4-12(5-7-13)16-9-10-2-3-11(15)8-14(10)17(18)19/h2-8,16H,9H2,1H3. The van der Waals surface area contributed by atoms with Crippen LogP contribution in [0.25, 0.3) is 0 Å². The van der Waals surface area contributed by atoms with E-state index in [1.807, 2.05) is 30.5 Å². The van der Waals surface area contributed by atoms with Gasteiger partial charge < -0.3 is 5.32 Å². The van der Waals surface area contributed by atoms with Gasteiger partial charge in [-0.3, -0.25) is 10.1 Å². The molecule has 0 aliphatic rings. The van der Waals surface area contributed by atoms with Crippen LogP contribution in [0.4, 0.5) is 11.4 Å². The minimum absolute atomic E-state index is 0.0331. The Balaban J connectivity index is 2.12. The number of halogens is 1. The van der Waals surface area contributed by atoms with Crippen molar-refractivity contribution in [2.75, 3.05) is 11.6 Å². The van der Waals surface area contributed by atoms with E-state index in [1.54, 1.807) is 23.9 Å². The van der Waals surface area contributed by atoms with Crippen molar-refractivity contribution in [1.82, 2.24) is 0 Å². The van der Waals surface area contributed by atoms with Crippen molar-refractivity contribution in [2.45, 2.75) is 11.4 Å². The molecule has 1 N–H and O–H groups in total. The van der Waals surface area contributed by atoms with Gasteiger partial charge in [-0.05, 0) is 42.7 Å². The molecule has 0 heterocycles. The van der Waals surface area contributed by atoms with E-state index in [-0.39, 0.29) is 5.69 Å². The van der Waals surface area contributed by atoms with Gasteiger partial charge in [-0.2, -0.15) is 0 Å². The first-order valence-corrected chi connectivity index (χ1v) is 7.51. The monoisotopic (exact) mass is 308 g/mol. The number of hydrogen-bond acceptors (Lipinski definition) is 4. The van der Waals surface area contributed by atoms with E-state index in [4.69, 9.17) is 11.6 Å². The van der Waals surface area contributed by atoms with Gasteiger partial charge in [0.2, 0.25) is 0 Å². The van der Waals surface area contributed by atoms with Crippen molar-refractivity contribution >= 4 is 34.7 Å². The van der Waals surface area contributed by atoms with E-state index in [2.05, 4.69) is 5.32 Å². The smallest absolute Gasteiger partial charge is 0.275 e. The van der Waals surface area contributed by atoms with E-state index in [9.17, 15) is 10.1 Å². The van der Waals surface area contributed by atoms with Crippen LogP contribution in [0.2, 0.25) is 5.02 Å². The van der Waals surface area contributed by atoms with E-state index >= 15 is 0 Å². The van der Waals surface area contributed by atoms with Crippen molar-refractivity contribution in [1.29, 1.82) is 0 Å².